The van der Waals surface area contributed by atoms with Crippen molar-refractivity contribution in [2.75, 3.05) is 45.8 Å². The number of nitrogens with one attached hydrogen (secondary N) is 16. The van der Waals surface area contributed by atoms with Gasteiger partial charge in [0.2, 0.25) is 94.5 Å². The number of nitrogens with two attached hydrogens (primary N) is 8. The van der Waals surface area contributed by atoms with Gasteiger partial charge >= 0.3 is 11.9 Å². The highest BCUT2D eigenvalue weighted by molar-refractivity contribution is 6.02. The number of primary amides is 1. The summed E-state index contributed by atoms with van der Waals surface area (Å²) in [6.07, 6.45) is -12.1. The topological polar surface area (TPSA) is 885 Å². The number of hydrogen-bond donors (Lipinski definition) is 32. The summed E-state index contributed by atoms with van der Waals surface area (Å²) in [6.45, 7) is 7.81. The molecular formula is C81H133N25O26. The molecule has 0 saturated carbocycles. The Balaban J connectivity index is 1.90. The average molecular weight is 1870 g/mol. The Kier molecular flexibility index (Phi) is 48.9. The molecule has 51 nitrogen and oxygen atoms in total. The summed E-state index contributed by atoms with van der Waals surface area (Å²) >= 11 is 0. The quantitative estimate of drug-likeness (QED) is 0.0166. The molecule has 1 aliphatic heterocycles. The largest absolute Gasteiger partial charge is 0.508 e. The minimum atomic E-state index is -2.08. The lowest BCUT2D eigenvalue weighted by Crippen LogP contribution is -2.63. The third kappa shape index (κ3) is 38.1. The number of carboxylic acids is 2. The highest BCUT2D eigenvalue weighted by atomic mass is 16.4. The third-order valence-electron chi connectivity index (χ3n) is 21.2. The maximum atomic E-state index is 14.6. The number of hydrogen-bond acceptors (Lipinski definition) is 31. The van der Waals surface area contributed by atoms with Crippen molar-refractivity contribution in [2.24, 2.45) is 57.7 Å². The van der Waals surface area contributed by atoms with Crippen LogP contribution in [0.2, 0.25) is 0 Å². The molecule has 0 radical (unpaired) electrons. The fourth-order valence-electron chi connectivity index (χ4n) is 13.5. The lowest BCUT2D eigenvalue weighted by Gasteiger charge is -2.31. The zero-order valence-electron chi connectivity index (χ0n) is 74.7. The molecule has 0 aromatic heterocycles. The number of β-amino-alcohol motifs (C(OH)–C–C–N with tert-alkyl or cyclic N) is 1. The predicted molar refractivity (Wildman–Crippen MR) is 470 cm³/mol. The van der Waals surface area contributed by atoms with Crippen LogP contribution in [0, 0.1) is 17.2 Å². The smallest absolute Gasteiger partial charge is 0.326 e. The SMILES string of the molecule is CC[C@H](C)[C@H](NC(=O)[C@@H]1C[C@@H](O)CN1C(=O)[C@@H](N)C(C)C)C(=O)N[C@@H](CCN)C(=O)N[C@@H](Cc1ccc(O)cc1)C(=O)N[C@H](C(=O)N[C@@H](CC(N)=O)C(=O)N[C@@H](CCCNC(=N)N)C(=O)N[C@@H](CCN)C(=O)N[C@H](C(=O)N[C@H](CCN)C(=O)N[C@H](C(=O)N[C@@H](CCN)C(=O)N[C@@H](CCN)C(=O)N[C@@H](CCC(=O)O)C(=O)N[C@@H](Cc1ccc(O)cc1)C(=O)O)[C@@H](C)O)[C@@H](C)O)[C@@H](C)O. The van der Waals surface area contributed by atoms with E-state index in [0.717, 1.165) is 25.7 Å². The number of carbonyl (C=O) groups excluding carboxylic acids is 16. The molecule has 0 bridgehead atoms. The normalized spacial score (nSPS) is 17.3. The first kappa shape index (κ1) is 114. The van der Waals surface area contributed by atoms with Gasteiger partial charge in [-0.15, -0.1) is 0 Å². The second-order valence-electron chi connectivity index (χ2n) is 32.4. The molecule has 0 aliphatic carbocycles. The van der Waals surface area contributed by atoms with Crippen LogP contribution in [-0.4, -0.2) is 325 Å². The van der Waals surface area contributed by atoms with Crippen molar-refractivity contribution in [1.82, 2.24) is 84.7 Å². The van der Waals surface area contributed by atoms with E-state index in [-0.39, 0.29) is 107 Å². The summed E-state index contributed by atoms with van der Waals surface area (Å²) in [5.41, 5.74) is 47.1. The molecule has 1 aliphatic rings. The zero-order valence-corrected chi connectivity index (χ0v) is 74.7. The van der Waals surface area contributed by atoms with Crippen molar-refractivity contribution in [3.8, 4) is 11.5 Å². The van der Waals surface area contributed by atoms with Crippen molar-refractivity contribution in [3.63, 3.8) is 0 Å². The van der Waals surface area contributed by atoms with Crippen LogP contribution in [0.5, 0.6) is 11.5 Å². The Hall–Kier alpha value is -12.6. The number of amides is 16. The van der Waals surface area contributed by atoms with Crippen LogP contribution < -0.4 is 126 Å². The minimum absolute atomic E-state index is 0.119. The molecule has 738 valence electrons. The first-order valence-electron chi connectivity index (χ1n) is 43.0. The van der Waals surface area contributed by atoms with E-state index in [1.165, 1.54) is 48.5 Å². The number of rotatable bonds is 59. The van der Waals surface area contributed by atoms with E-state index < -0.39 is 291 Å². The van der Waals surface area contributed by atoms with Crippen molar-refractivity contribution in [3.05, 3.63) is 59.7 Å². The van der Waals surface area contributed by atoms with Crippen LogP contribution in [0.1, 0.15) is 137 Å². The van der Waals surface area contributed by atoms with Gasteiger partial charge in [0, 0.05) is 38.8 Å². The standard InChI is InChI=1S/C81H133N25O26/c1-8-38(4)61(102-74(125)57-34-46(112)36-106(57)79(130)60(88)37(2)3)75(126)96-51(23-28-84)69(120)99-54(32-42-11-15-44(110)16-12-42)73(124)105-64(41(7)109)78(129)100-55(35-58(87)113)72(123)92-47(10-9-31-91-81(89)90)65(116)95-52(24-29-85)70(121)103-63(40(6)108)77(128)98-53(25-30-86)71(122)104-62(39(5)107)76(127)97-50(22-27-83)68(119)94-49(21-26-82)67(118)93-48(19-20-59(114)115)66(117)101-56(80(131)132)33-43-13-17-45(111)18-14-43/h11-18,37-41,46-57,60-64,107-112H,8-10,19-36,82-86,88H2,1-7H3,(H2,87,113)(H,92,123)(H,93,118)(H,94,119)(H,95,116)(H,96,126)(H,97,127)(H,98,128)(H,99,120)(H,100,129)(H,101,117)(H,102,125)(H,103,121)(H,104,122)(H,105,124)(H,114,115)(H,131,132)(H4,89,90,91)/t38-,39+,40+,41+,46+,47-,48-,49-,50-,51-,52-,53+,54-,55-,56-,57-,60-,61-,62-,63-,64-/m0/s1. The number of nitrogens with zero attached hydrogens (tertiary/aromatic N) is 1. The number of aliphatic carboxylic acids is 2. The minimum Gasteiger partial charge on any atom is -0.508 e. The summed E-state index contributed by atoms with van der Waals surface area (Å²) in [5.74, 6) is -22.9. The highest BCUT2D eigenvalue weighted by Gasteiger charge is 2.45. The second kappa shape index (κ2) is 56.8. The summed E-state index contributed by atoms with van der Waals surface area (Å²) in [7, 11) is 0. The molecule has 2 aromatic carbocycles. The van der Waals surface area contributed by atoms with Gasteiger partial charge in [0.15, 0.2) is 5.96 Å². The van der Waals surface area contributed by atoms with Crippen LogP contribution in [0.25, 0.3) is 0 Å². The van der Waals surface area contributed by atoms with Crippen LogP contribution >= 0.6 is 0 Å². The van der Waals surface area contributed by atoms with Gasteiger partial charge in [-0.3, -0.25) is 86.9 Å². The molecule has 1 heterocycles. The van der Waals surface area contributed by atoms with E-state index in [0.29, 0.717) is 5.56 Å². The maximum absolute atomic E-state index is 14.6. The molecule has 16 amide bonds. The molecule has 51 heteroatoms. The van der Waals surface area contributed by atoms with Crippen molar-refractivity contribution in [2.45, 2.75) is 259 Å². The van der Waals surface area contributed by atoms with Gasteiger partial charge in [0.25, 0.3) is 0 Å². The first-order chi connectivity index (χ1) is 62.1. The number of carboxylic acid groups (broad SMARTS) is 2. The summed E-state index contributed by atoms with van der Waals surface area (Å²) in [5, 5.41) is 126. The lowest BCUT2D eigenvalue weighted by atomic mass is 9.96. The van der Waals surface area contributed by atoms with Gasteiger partial charge in [0.1, 0.15) is 102 Å². The molecule has 1 saturated heterocycles. The van der Waals surface area contributed by atoms with Gasteiger partial charge in [-0.25, -0.2) is 4.79 Å². The van der Waals surface area contributed by atoms with E-state index in [1.807, 2.05) is 0 Å². The number of benzene rings is 2. The molecule has 40 N–H and O–H groups in total. The Morgan fingerprint density at radius 3 is 1.07 bits per heavy atom. The van der Waals surface area contributed by atoms with Crippen LogP contribution in [-0.2, 0) is 99.1 Å². The van der Waals surface area contributed by atoms with Gasteiger partial charge in [-0.05, 0) is 152 Å². The number of aliphatic hydroxyl groups excluding tert-OH is 4. The average Bonchev–Trinajstić information content (AvgIpc) is 1.67. The highest BCUT2D eigenvalue weighted by Crippen LogP contribution is 2.23. The molecule has 132 heavy (non-hydrogen) atoms. The molecule has 21 atom stereocenters. The molecule has 1 fully saturated rings. The monoisotopic (exact) mass is 1870 g/mol. The van der Waals surface area contributed by atoms with E-state index in [9.17, 15) is 127 Å². The zero-order chi connectivity index (χ0) is 99.7. The fraction of sp³-hybridized carbons (Fsp3) is 0.617. The molecular weight excluding hydrogens is 1740 g/mol. The predicted octanol–water partition coefficient (Wildman–Crippen LogP) is -12.4. The van der Waals surface area contributed by atoms with Crippen LogP contribution in [0.3, 0.4) is 0 Å². The van der Waals surface area contributed by atoms with Gasteiger partial charge < -0.3 is 171 Å². The number of aliphatic hydroxyl groups is 4. The summed E-state index contributed by atoms with van der Waals surface area (Å²) in [6, 6.07) is -16.5. The maximum Gasteiger partial charge on any atom is 0.326 e. The number of phenolic OH excluding ortho intramolecular Hbond substituents is 2. The summed E-state index contributed by atoms with van der Waals surface area (Å²) in [4.78, 5) is 250. The summed E-state index contributed by atoms with van der Waals surface area (Å²) < 4.78 is 0. The number of guanidine groups is 1. The molecule has 0 spiro atoms. The molecule has 0 unspecified atom stereocenters. The van der Waals surface area contributed by atoms with Gasteiger partial charge in [-0.2, -0.15) is 0 Å². The van der Waals surface area contributed by atoms with Gasteiger partial charge in [0.05, 0.1) is 36.9 Å². The van der Waals surface area contributed by atoms with Crippen molar-refractivity contribution in [1.29, 1.82) is 5.41 Å². The third-order valence-corrected chi connectivity index (χ3v) is 21.2. The van der Waals surface area contributed by atoms with Crippen LogP contribution in [0.4, 0.5) is 0 Å². The molecule has 3 rings (SSSR count). The fourth-order valence-corrected chi connectivity index (χ4v) is 13.5. The van der Waals surface area contributed by atoms with Crippen molar-refractivity contribution >= 4 is 112 Å². The Bertz CT molecular complexity index is 4250. The Labute approximate surface area is 760 Å². The number of phenols is 2. The molecule has 2 aromatic rings. The van der Waals surface area contributed by atoms with Gasteiger partial charge in [-0.1, -0.05) is 58.4 Å². The van der Waals surface area contributed by atoms with Crippen LogP contribution in [0.15, 0.2) is 48.5 Å². The Morgan fingerprint density at radius 2 is 0.735 bits per heavy atom. The van der Waals surface area contributed by atoms with E-state index >= 15 is 0 Å². The Morgan fingerprint density at radius 1 is 0.424 bits per heavy atom. The van der Waals surface area contributed by atoms with Crippen molar-refractivity contribution < 1.29 is 127 Å². The number of likely N-dealkylation sites (tertiary alicyclic amines) is 1. The van der Waals surface area contributed by atoms with E-state index in [4.69, 9.17) is 51.3 Å². The lowest BCUT2D eigenvalue weighted by molar-refractivity contribution is -0.143. The second-order valence-corrected chi connectivity index (χ2v) is 32.4. The van der Waals surface area contributed by atoms with E-state index in [1.54, 1.807) is 27.7 Å². The number of aromatic hydroxyl groups is 2. The van der Waals surface area contributed by atoms with E-state index in [2.05, 4.69) is 79.8 Å². The first-order valence-corrected chi connectivity index (χ1v) is 43.0. The number of carbonyl (C=O) groups is 18.